The molecule has 2 fully saturated rings. The molecule has 1 saturated heterocycles. The van der Waals surface area contributed by atoms with Gasteiger partial charge in [-0.3, -0.25) is 4.90 Å². The molecule has 1 N–H and O–H groups in total. The van der Waals surface area contributed by atoms with Crippen LogP contribution in [0.25, 0.3) is 0 Å². The quantitative estimate of drug-likeness (QED) is 0.713. The zero-order valence-electron chi connectivity index (χ0n) is 8.97. The maximum absolute atomic E-state index is 3.70. The molecule has 1 saturated carbocycles. The lowest BCUT2D eigenvalue weighted by Gasteiger charge is -2.43. The molecule has 0 radical (unpaired) electrons. The van der Waals surface area contributed by atoms with Gasteiger partial charge in [-0.25, -0.2) is 0 Å². The first kappa shape index (κ1) is 9.47. The third-order valence-electron chi connectivity index (χ3n) is 3.82. The van der Waals surface area contributed by atoms with E-state index in [1.807, 2.05) is 0 Å². The highest BCUT2D eigenvalue weighted by Crippen LogP contribution is 2.31. The van der Waals surface area contributed by atoms with E-state index in [2.05, 4.69) is 24.1 Å². The minimum absolute atomic E-state index is 0.431. The third-order valence-corrected chi connectivity index (χ3v) is 3.82. The smallest absolute Gasteiger partial charge is 0.0304 e. The molecule has 13 heavy (non-hydrogen) atoms. The SMILES string of the molecule is CCC1(CC)CN(C2CC2)CCN1. The molecule has 0 aromatic rings. The number of nitrogens with zero attached hydrogens (tertiary/aromatic N) is 1. The Bertz CT molecular complexity index is 171. The second kappa shape index (κ2) is 3.58. The lowest BCUT2D eigenvalue weighted by atomic mass is 9.90. The van der Waals surface area contributed by atoms with E-state index in [1.165, 1.54) is 45.3 Å². The first-order valence-electron chi connectivity index (χ1n) is 5.79. The lowest BCUT2D eigenvalue weighted by molar-refractivity contribution is 0.117. The molecule has 0 spiro atoms. The van der Waals surface area contributed by atoms with E-state index in [4.69, 9.17) is 0 Å². The van der Waals surface area contributed by atoms with Crippen LogP contribution in [0, 0.1) is 0 Å². The number of hydrogen-bond acceptors (Lipinski definition) is 2. The molecule has 0 amide bonds. The van der Waals surface area contributed by atoms with E-state index < -0.39 is 0 Å². The van der Waals surface area contributed by atoms with Gasteiger partial charge in [0.15, 0.2) is 0 Å². The van der Waals surface area contributed by atoms with Crippen molar-refractivity contribution in [1.82, 2.24) is 10.2 Å². The van der Waals surface area contributed by atoms with E-state index >= 15 is 0 Å². The van der Waals surface area contributed by atoms with Gasteiger partial charge in [0.05, 0.1) is 0 Å². The number of rotatable bonds is 3. The monoisotopic (exact) mass is 182 g/mol. The van der Waals surface area contributed by atoms with E-state index in [1.54, 1.807) is 0 Å². The van der Waals surface area contributed by atoms with E-state index in [0.29, 0.717) is 5.54 Å². The summed E-state index contributed by atoms with van der Waals surface area (Å²) in [5.41, 5.74) is 0.431. The molecule has 0 unspecified atom stereocenters. The maximum atomic E-state index is 3.70. The molecule has 2 rings (SSSR count). The van der Waals surface area contributed by atoms with Gasteiger partial charge in [-0.05, 0) is 25.7 Å². The molecule has 76 valence electrons. The number of nitrogens with one attached hydrogen (secondary N) is 1. The van der Waals surface area contributed by atoms with Crippen LogP contribution in [-0.2, 0) is 0 Å². The van der Waals surface area contributed by atoms with Crippen molar-refractivity contribution in [2.75, 3.05) is 19.6 Å². The zero-order chi connectivity index (χ0) is 9.31. The van der Waals surface area contributed by atoms with Crippen molar-refractivity contribution in [3.05, 3.63) is 0 Å². The van der Waals surface area contributed by atoms with E-state index in [0.717, 1.165) is 6.04 Å². The van der Waals surface area contributed by atoms with Crippen molar-refractivity contribution in [1.29, 1.82) is 0 Å². The second-order valence-corrected chi connectivity index (χ2v) is 4.62. The average molecular weight is 182 g/mol. The molecule has 2 nitrogen and oxygen atoms in total. The van der Waals surface area contributed by atoms with E-state index in [-0.39, 0.29) is 0 Å². The van der Waals surface area contributed by atoms with Crippen LogP contribution in [0.5, 0.6) is 0 Å². The molecule has 2 aliphatic rings. The van der Waals surface area contributed by atoms with Crippen LogP contribution in [-0.4, -0.2) is 36.1 Å². The molecule has 0 aromatic heterocycles. The summed E-state index contributed by atoms with van der Waals surface area (Å²) in [6.45, 7) is 8.37. The Kier molecular flexibility index (Phi) is 2.61. The van der Waals surface area contributed by atoms with Gasteiger partial charge >= 0.3 is 0 Å². The van der Waals surface area contributed by atoms with Crippen molar-refractivity contribution < 1.29 is 0 Å². The Morgan fingerprint density at radius 2 is 2.00 bits per heavy atom. The summed E-state index contributed by atoms with van der Waals surface area (Å²) in [7, 11) is 0. The average Bonchev–Trinajstić information content (AvgIpc) is 3.01. The molecule has 1 heterocycles. The summed E-state index contributed by atoms with van der Waals surface area (Å²) in [4.78, 5) is 2.70. The Hall–Kier alpha value is -0.0800. The van der Waals surface area contributed by atoms with Crippen molar-refractivity contribution in [3.8, 4) is 0 Å². The van der Waals surface area contributed by atoms with Crippen LogP contribution in [0.2, 0.25) is 0 Å². The van der Waals surface area contributed by atoms with E-state index in [9.17, 15) is 0 Å². The van der Waals surface area contributed by atoms with Gasteiger partial charge in [0.25, 0.3) is 0 Å². The minimum Gasteiger partial charge on any atom is -0.309 e. The Balaban J connectivity index is 1.96. The predicted octanol–water partition coefficient (Wildman–Crippen LogP) is 1.61. The second-order valence-electron chi connectivity index (χ2n) is 4.62. The van der Waals surface area contributed by atoms with Crippen LogP contribution in [0.4, 0.5) is 0 Å². The largest absolute Gasteiger partial charge is 0.309 e. The molecule has 1 aliphatic heterocycles. The zero-order valence-corrected chi connectivity index (χ0v) is 8.97. The van der Waals surface area contributed by atoms with Gasteiger partial charge in [0.2, 0.25) is 0 Å². The summed E-state index contributed by atoms with van der Waals surface area (Å²) in [5, 5.41) is 3.70. The molecular weight excluding hydrogens is 160 g/mol. The minimum atomic E-state index is 0.431. The van der Waals surface area contributed by atoms with Gasteiger partial charge in [0.1, 0.15) is 0 Å². The fourth-order valence-electron chi connectivity index (χ4n) is 2.46. The maximum Gasteiger partial charge on any atom is 0.0304 e. The van der Waals surface area contributed by atoms with Gasteiger partial charge < -0.3 is 5.32 Å². The highest BCUT2D eigenvalue weighted by Gasteiger charge is 2.37. The molecule has 1 aliphatic carbocycles. The summed E-state index contributed by atoms with van der Waals surface area (Å²) in [5.74, 6) is 0. The van der Waals surface area contributed by atoms with Crippen LogP contribution >= 0.6 is 0 Å². The van der Waals surface area contributed by atoms with Gasteiger partial charge in [-0.15, -0.1) is 0 Å². The highest BCUT2D eigenvalue weighted by atomic mass is 15.3. The molecule has 0 aromatic carbocycles. The highest BCUT2D eigenvalue weighted by molar-refractivity contribution is 4.97. The number of hydrogen-bond donors (Lipinski definition) is 1. The first-order valence-corrected chi connectivity index (χ1v) is 5.79. The lowest BCUT2D eigenvalue weighted by Crippen LogP contribution is -2.60. The van der Waals surface area contributed by atoms with Crippen molar-refractivity contribution in [2.45, 2.75) is 51.1 Å². The molecule has 2 heteroatoms. The summed E-state index contributed by atoms with van der Waals surface area (Å²) in [6, 6.07) is 0.944. The van der Waals surface area contributed by atoms with Crippen molar-refractivity contribution in [3.63, 3.8) is 0 Å². The topological polar surface area (TPSA) is 15.3 Å². The normalized spacial score (nSPS) is 29.1. The third kappa shape index (κ3) is 1.89. The van der Waals surface area contributed by atoms with Crippen LogP contribution in [0.3, 0.4) is 0 Å². The van der Waals surface area contributed by atoms with Crippen LogP contribution < -0.4 is 5.32 Å². The van der Waals surface area contributed by atoms with Gasteiger partial charge in [-0.2, -0.15) is 0 Å². The summed E-state index contributed by atoms with van der Waals surface area (Å²) in [6.07, 6.45) is 5.44. The van der Waals surface area contributed by atoms with Crippen LogP contribution in [0.1, 0.15) is 39.5 Å². The molecule has 0 atom stereocenters. The fourth-order valence-corrected chi connectivity index (χ4v) is 2.46. The molecule has 0 bridgehead atoms. The van der Waals surface area contributed by atoms with Gasteiger partial charge in [-0.1, -0.05) is 13.8 Å². The van der Waals surface area contributed by atoms with Crippen molar-refractivity contribution in [2.24, 2.45) is 0 Å². The standard InChI is InChI=1S/C11H22N2/c1-3-11(4-2)9-13(8-7-12-11)10-5-6-10/h10,12H,3-9H2,1-2H3. The summed E-state index contributed by atoms with van der Waals surface area (Å²) >= 11 is 0. The van der Waals surface area contributed by atoms with Crippen LogP contribution in [0.15, 0.2) is 0 Å². The Morgan fingerprint density at radius 1 is 1.31 bits per heavy atom. The van der Waals surface area contributed by atoms with Crippen molar-refractivity contribution >= 4 is 0 Å². The number of piperazine rings is 1. The fraction of sp³-hybridized carbons (Fsp3) is 1.00. The van der Waals surface area contributed by atoms with Gasteiger partial charge in [0, 0.05) is 31.2 Å². The Labute approximate surface area is 81.7 Å². The Morgan fingerprint density at radius 3 is 2.54 bits per heavy atom. The predicted molar refractivity (Wildman–Crippen MR) is 55.9 cm³/mol. The first-order chi connectivity index (χ1) is 6.29. The molecular formula is C11H22N2. The summed E-state index contributed by atoms with van der Waals surface area (Å²) < 4.78 is 0.